The number of halogens is 2. The van der Waals surface area contributed by atoms with Crippen LogP contribution in [0.3, 0.4) is 0 Å². The van der Waals surface area contributed by atoms with Crippen molar-refractivity contribution in [3.63, 3.8) is 0 Å². The molecule has 0 heterocycles. The molecule has 0 spiro atoms. The monoisotopic (exact) mass is 291 g/mol. The van der Waals surface area contributed by atoms with Crippen LogP contribution in [0.2, 0.25) is 0 Å². The molecule has 2 nitrogen and oxygen atoms in total. The molecule has 0 aliphatic rings. The quantitative estimate of drug-likeness (QED) is 0.905. The standard InChI is InChI=1S/C17H19F2NO/c1-12-8-14(10-20)9-13(2)16(12)21-11-17(18,19)15-6-4-3-5-7-15/h3-9H,10-11,20H2,1-2H3. The summed E-state index contributed by atoms with van der Waals surface area (Å²) in [6.45, 7) is 3.41. The van der Waals surface area contributed by atoms with Crippen LogP contribution in [0, 0.1) is 13.8 Å². The topological polar surface area (TPSA) is 35.2 Å². The highest BCUT2D eigenvalue weighted by Gasteiger charge is 2.32. The van der Waals surface area contributed by atoms with Crippen molar-refractivity contribution >= 4 is 0 Å². The number of benzene rings is 2. The Hall–Kier alpha value is -1.94. The van der Waals surface area contributed by atoms with E-state index in [0.717, 1.165) is 16.7 Å². The van der Waals surface area contributed by atoms with Gasteiger partial charge < -0.3 is 10.5 Å². The van der Waals surface area contributed by atoms with Crippen LogP contribution in [0.1, 0.15) is 22.3 Å². The summed E-state index contributed by atoms with van der Waals surface area (Å²) in [5.74, 6) is -2.52. The number of rotatable bonds is 5. The third-order valence-electron chi connectivity index (χ3n) is 3.35. The number of hydrogen-bond acceptors (Lipinski definition) is 2. The lowest BCUT2D eigenvalue weighted by molar-refractivity contribution is -0.0470. The molecule has 2 aromatic carbocycles. The van der Waals surface area contributed by atoms with Crippen molar-refractivity contribution in [3.8, 4) is 5.75 Å². The van der Waals surface area contributed by atoms with E-state index >= 15 is 0 Å². The Balaban J connectivity index is 2.17. The summed E-state index contributed by atoms with van der Waals surface area (Å²) in [7, 11) is 0. The van der Waals surface area contributed by atoms with Gasteiger partial charge in [-0.05, 0) is 30.5 Å². The van der Waals surface area contributed by atoms with Gasteiger partial charge in [0.2, 0.25) is 0 Å². The van der Waals surface area contributed by atoms with Crippen LogP contribution in [0.5, 0.6) is 5.75 Å². The van der Waals surface area contributed by atoms with E-state index in [0.29, 0.717) is 12.3 Å². The van der Waals surface area contributed by atoms with Gasteiger partial charge in [-0.1, -0.05) is 42.5 Å². The normalized spacial score (nSPS) is 11.5. The minimum atomic E-state index is -3.02. The fourth-order valence-electron chi connectivity index (χ4n) is 2.31. The molecule has 0 radical (unpaired) electrons. The molecule has 2 aromatic rings. The Labute approximate surface area is 123 Å². The van der Waals surface area contributed by atoms with E-state index in [1.807, 2.05) is 26.0 Å². The summed E-state index contributed by atoms with van der Waals surface area (Å²) >= 11 is 0. The summed E-state index contributed by atoms with van der Waals surface area (Å²) in [4.78, 5) is 0. The van der Waals surface area contributed by atoms with E-state index in [-0.39, 0.29) is 5.56 Å². The lowest BCUT2D eigenvalue weighted by Crippen LogP contribution is -2.23. The Morgan fingerprint density at radius 1 is 1.05 bits per heavy atom. The Morgan fingerprint density at radius 3 is 2.14 bits per heavy atom. The van der Waals surface area contributed by atoms with Gasteiger partial charge >= 0.3 is 5.92 Å². The summed E-state index contributed by atoms with van der Waals surface area (Å²) in [5.41, 5.74) is 8.16. The number of nitrogens with two attached hydrogens (primary N) is 1. The fraction of sp³-hybridized carbons (Fsp3) is 0.294. The highest BCUT2D eigenvalue weighted by atomic mass is 19.3. The van der Waals surface area contributed by atoms with E-state index in [1.165, 1.54) is 12.1 Å². The minimum absolute atomic E-state index is 0.0427. The Bertz CT molecular complexity index is 588. The average Bonchev–Trinajstić information content (AvgIpc) is 2.47. The van der Waals surface area contributed by atoms with E-state index in [9.17, 15) is 8.78 Å². The van der Waals surface area contributed by atoms with Gasteiger partial charge in [-0.15, -0.1) is 0 Å². The molecule has 21 heavy (non-hydrogen) atoms. The van der Waals surface area contributed by atoms with Crippen LogP contribution in [0.15, 0.2) is 42.5 Å². The molecule has 0 saturated heterocycles. The smallest absolute Gasteiger partial charge is 0.306 e. The summed E-state index contributed by atoms with van der Waals surface area (Å²) in [6, 6.07) is 11.4. The van der Waals surface area contributed by atoms with Crippen molar-refractivity contribution in [2.24, 2.45) is 5.73 Å². The van der Waals surface area contributed by atoms with Crippen LogP contribution < -0.4 is 10.5 Å². The number of ether oxygens (including phenoxy) is 1. The summed E-state index contributed by atoms with van der Waals surface area (Å²) in [5, 5.41) is 0. The van der Waals surface area contributed by atoms with Gasteiger partial charge in [-0.2, -0.15) is 8.78 Å². The zero-order valence-corrected chi connectivity index (χ0v) is 12.2. The second-order valence-electron chi connectivity index (χ2n) is 5.12. The summed E-state index contributed by atoms with van der Waals surface area (Å²) < 4.78 is 33.6. The van der Waals surface area contributed by atoms with E-state index in [4.69, 9.17) is 10.5 Å². The van der Waals surface area contributed by atoms with Gasteiger partial charge in [0.1, 0.15) is 5.75 Å². The molecule has 0 unspecified atom stereocenters. The average molecular weight is 291 g/mol. The first-order valence-corrected chi connectivity index (χ1v) is 6.80. The summed E-state index contributed by atoms with van der Waals surface area (Å²) in [6.07, 6.45) is 0. The van der Waals surface area contributed by atoms with Crippen molar-refractivity contribution in [2.75, 3.05) is 6.61 Å². The zero-order chi connectivity index (χ0) is 15.5. The third-order valence-corrected chi connectivity index (χ3v) is 3.35. The SMILES string of the molecule is Cc1cc(CN)cc(C)c1OCC(F)(F)c1ccccc1. The number of alkyl halides is 2. The molecule has 0 atom stereocenters. The highest BCUT2D eigenvalue weighted by Crippen LogP contribution is 2.31. The highest BCUT2D eigenvalue weighted by molar-refractivity contribution is 5.43. The molecule has 0 amide bonds. The predicted octanol–water partition coefficient (Wildman–Crippen LogP) is 3.93. The lowest BCUT2D eigenvalue weighted by Gasteiger charge is -2.20. The van der Waals surface area contributed by atoms with Crippen LogP contribution in [0.4, 0.5) is 8.78 Å². The van der Waals surface area contributed by atoms with Crippen molar-refractivity contribution in [1.82, 2.24) is 0 Å². The molecule has 112 valence electrons. The maximum absolute atomic E-state index is 14.1. The largest absolute Gasteiger partial charge is 0.486 e. The van der Waals surface area contributed by atoms with Crippen molar-refractivity contribution in [3.05, 3.63) is 64.7 Å². The molecular formula is C17H19F2NO. The third kappa shape index (κ3) is 3.58. The zero-order valence-electron chi connectivity index (χ0n) is 12.2. The first-order valence-electron chi connectivity index (χ1n) is 6.80. The van der Waals surface area contributed by atoms with E-state index < -0.39 is 12.5 Å². The van der Waals surface area contributed by atoms with E-state index in [2.05, 4.69) is 0 Å². The van der Waals surface area contributed by atoms with Gasteiger partial charge in [0.25, 0.3) is 0 Å². The van der Waals surface area contributed by atoms with Crippen molar-refractivity contribution in [2.45, 2.75) is 26.3 Å². The van der Waals surface area contributed by atoms with Crippen LogP contribution in [-0.2, 0) is 12.5 Å². The van der Waals surface area contributed by atoms with E-state index in [1.54, 1.807) is 18.2 Å². The molecule has 2 N–H and O–H groups in total. The Morgan fingerprint density at radius 2 is 1.62 bits per heavy atom. The molecule has 0 fully saturated rings. The molecule has 2 rings (SSSR count). The first kappa shape index (κ1) is 15.4. The first-order chi connectivity index (χ1) is 9.94. The van der Waals surface area contributed by atoms with Gasteiger partial charge in [0, 0.05) is 12.1 Å². The molecule has 4 heteroatoms. The lowest BCUT2D eigenvalue weighted by atomic mass is 10.1. The van der Waals surface area contributed by atoms with Crippen LogP contribution >= 0.6 is 0 Å². The second-order valence-corrected chi connectivity index (χ2v) is 5.12. The molecule has 0 aromatic heterocycles. The Kier molecular flexibility index (Phi) is 4.58. The fourth-order valence-corrected chi connectivity index (χ4v) is 2.31. The molecule has 0 saturated carbocycles. The second kappa shape index (κ2) is 6.22. The van der Waals surface area contributed by atoms with Gasteiger partial charge in [-0.25, -0.2) is 0 Å². The van der Waals surface area contributed by atoms with Crippen LogP contribution in [-0.4, -0.2) is 6.61 Å². The van der Waals surface area contributed by atoms with Gasteiger partial charge in [0.15, 0.2) is 6.61 Å². The van der Waals surface area contributed by atoms with Gasteiger partial charge in [0.05, 0.1) is 0 Å². The number of hydrogen-bond donors (Lipinski definition) is 1. The predicted molar refractivity (Wildman–Crippen MR) is 79.6 cm³/mol. The van der Waals surface area contributed by atoms with Crippen molar-refractivity contribution in [1.29, 1.82) is 0 Å². The molecule has 0 aliphatic carbocycles. The number of aryl methyl sites for hydroxylation is 2. The van der Waals surface area contributed by atoms with Gasteiger partial charge in [-0.3, -0.25) is 0 Å². The maximum Gasteiger partial charge on any atom is 0.306 e. The molecule has 0 bridgehead atoms. The molecular weight excluding hydrogens is 272 g/mol. The molecule has 0 aliphatic heterocycles. The van der Waals surface area contributed by atoms with Crippen molar-refractivity contribution < 1.29 is 13.5 Å². The minimum Gasteiger partial charge on any atom is -0.486 e. The van der Waals surface area contributed by atoms with Crippen LogP contribution in [0.25, 0.3) is 0 Å². The maximum atomic E-state index is 14.1.